The van der Waals surface area contributed by atoms with E-state index in [-0.39, 0.29) is 0 Å². The van der Waals surface area contributed by atoms with Crippen LogP contribution in [0.5, 0.6) is 0 Å². The number of rotatable bonds is 3. The molecule has 0 aliphatic carbocycles. The van der Waals surface area contributed by atoms with Crippen molar-refractivity contribution in [3.8, 4) is 22.4 Å². The molecule has 3 aromatic rings. The second kappa shape index (κ2) is 6.33. The molecule has 2 aromatic heterocycles. The number of pyridine rings is 2. The predicted molar refractivity (Wildman–Crippen MR) is 104 cm³/mol. The van der Waals surface area contributed by atoms with E-state index in [9.17, 15) is 0 Å². The molecule has 3 heteroatoms. The topological polar surface area (TPSA) is 16.8 Å². The molecule has 24 heavy (non-hydrogen) atoms. The molecule has 3 rings (SSSR count). The summed E-state index contributed by atoms with van der Waals surface area (Å²) in [7, 11) is 0.743. The summed E-state index contributed by atoms with van der Waals surface area (Å²) in [5.41, 5.74) is 6.17. The highest BCUT2D eigenvalue weighted by Crippen LogP contribution is 2.25. The first kappa shape index (κ1) is 16.6. The van der Waals surface area contributed by atoms with Gasteiger partial charge < -0.3 is 0 Å². The first-order valence-corrected chi connectivity index (χ1v) is 11.9. The molecule has 0 atom stereocenters. The average molecular weight is 334 g/mol. The van der Waals surface area contributed by atoms with Gasteiger partial charge in [-0.25, -0.2) is 4.57 Å². The largest absolute Gasteiger partial charge is 0.265 e. The number of hydrogen-bond acceptors (Lipinski definition) is 1. The van der Waals surface area contributed by atoms with Crippen LogP contribution in [-0.4, -0.2) is 13.1 Å². The van der Waals surface area contributed by atoms with Crippen LogP contribution >= 0.6 is 0 Å². The molecule has 0 saturated carbocycles. The molecule has 0 radical (unpaired) electrons. The van der Waals surface area contributed by atoms with Crippen molar-refractivity contribution in [2.24, 2.45) is 7.05 Å². The van der Waals surface area contributed by atoms with Crippen LogP contribution in [0.1, 0.15) is 5.56 Å². The van der Waals surface area contributed by atoms with Gasteiger partial charge in [-0.2, -0.15) is 0 Å². The Hall–Kier alpha value is -2.26. The van der Waals surface area contributed by atoms with Crippen molar-refractivity contribution in [3.63, 3.8) is 0 Å². The van der Waals surface area contributed by atoms with Gasteiger partial charge in [-0.3, -0.25) is 4.98 Å². The minimum Gasteiger partial charge on any atom is -0.265 e. The average Bonchev–Trinajstić information content (AvgIpc) is 2.55. The quantitative estimate of drug-likeness (QED) is 0.521. The van der Waals surface area contributed by atoms with Crippen molar-refractivity contribution >= 4 is 13.4 Å². The van der Waals surface area contributed by atoms with E-state index in [2.05, 4.69) is 92.9 Å². The first-order valence-electron chi connectivity index (χ1n) is 8.39. The van der Waals surface area contributed by atoms with Crippen molar-refractivity contribution < 1.29 is 4.57 Å². The van der Waals surface area contributed by atoms with Crippen molar-refractivity contribution in [2.75, 3.05) is 0 Å². The van der Waals surface area contributed by atoms with Crippen LogP contribution in [0, 0.1) is 6.92 Å². The van der Waals surface area contributed by atoms with Crippen molar-refractivity contribution in [2.45, 2.75) is 26.6 Å². The van der Waals surface area contributed by atoms with E-state index < -0.39 is 8.07 Å². The van der Waals surface area contributed by atoms with Gasteiger partial charge in [0.05, 0.1) is 0 Å². The molecule has 1 aromatic carbocycles. The third kappa shape index (κ3) is 3.31. The zero-order chi connectivity index (χ0) is 17.3. The number of nitrogens with zero attached hydrogens (tertiary/aromatic N) is 2. The third-order valence-corrected chi connectivity index (χ3v) is 6.27. The summed E-state index contributed by atoms with van der Waals surface area (Å²) in [5.74, 6) is 0. The Morgan fingerprint density at radius 1 is 0.917 bits per heavy atom. The minimum absolute atomic E-state index is 1.17. The Labute approximate surface area is 145 Å². The van der Waals surface area contributed by atoms with Crippen LogP contribution in [0.3, 0.4) is 0 Å². The fraction of sp³-hybridized carbons (Fsp3) is 0.238. The summed E-state index contributed by atoms with van der Waals surface area (Å²) < 4.78 is 2.18. The lowest BCUT2D eigenvalue weighted by Crippen LogP contribution is -2.39. The van der Waals surface area contributed by atoms with E-state index in [0.717, 1.165) is 0 Å². The summed E-state index contributed by atoms with van der Waals surface area (Å²) in [6.45, 7) is 9.14. The molecule has 122 valence electrons. The number of hydrogen-bond donors (Lipinski definition) is 0. The normalized spacial score (nSPS) is 11.5. The molecule has 0 N–H and O–H groups in total. The fourth-order valence-electron chi connectivity index (χ4n) is 2.89. The molecule has 0 fully saturated rings. The maximum atomic E-state index is 4.72. The summed E-state index contributed by atoms with van der Waals surface area (Å²) in [6.07, 6.45) is 4.15. The van der Waals surface area contributed by atoms with Crippen molar-refractivity contribution in [1.82, 2.24) is 4.98 Å². The lowest BCUT2D eigenvalue weighted by Gasteiger charge is -2.15. The molecule has 0 amide bonds. The zero-order valence-corrected chi connectivity index (χ0v) is 16.2. The monoisotopic (exact) mass is 333 g/mol. The Kier molecular flexibility index (Phi) is 4.37. The standard InChI is InChI=1S/C21H25N2Si/c1-16-8-6-7-9-19(16)20-14-17(12-13-23(20)2)18-10-11-21(22-15-18)24(3,4)5/h6-15H,1-5H3/q+1. The van der Waals surface area contributed by atoms with Crippen LogP contribution < -0.4 is 9.88 Å². The maximum absolute atomic E-state index is 4.72. The molecule has 0 unspecified atom stereocenters. The molecular formula is C21H25N2Si+. The zero-order valence-electron chi connectivity index (χ0n) is 15.2. The van der Waals surface area contributed by atoms with E-state index in [1.165, 1.54) is 33.3 Å². The van der Waals surface area contributed by atoms with E-state index in [4.69, 9.17) is 4.98 Å². The highest BCUT2D eigenvalue weighted by molar-refractivity contribution is 6.88. The van der Waals surface area contributed by atoms with Gasteiger partial charge in [0, 0.05) is 34.8 Å². The Morgan fingerprint density at radius 3 is 2.29 bits per heavy atom. The lowest BCUT2D eigenvalue weighted by molar-refractivity contribution is -0.660. The van der Waals surface area contributed by atoms with Gasteiger partial charge in [-0.1, -0.05) is 43.9 Å². The van der Waals surface area contributed by atoms with Crippen LogP contribution in [-0.2, 0) is 7.05 Å². The smallest absolute Gasteiger partial charge is 0.213 e. The number of aromatic nitrogens is 2. The molecular weight excluding hydrogens is 308 g/mol. The van der Waals surface area contributed by atoms with Crippen molar-refractivity contribution in [1.29, 1.82) is 0 Å². The lowest BCUT2D eigenvalue weighted by atomic mass is 10.0. The van der Waals surface area contributed by atoms with Gasteiger partial charge in [0.25, 0.3) is 0 Å². The second-order valence-electron chi connectivity index (χ2n) is 7.41. The van der Waals surface area contributed by atoms with Gasteiger partial charge in [0.2, 0.25) is 5.69 Å². The molecule has 2 nitrogen and oxygen atoms in total. The number of benzene rings is 1. The van der Waals surface area contributed by atoms with Crippen LogP contribution in [0.15, 0.2) is 60.9 Å². The highest BCUT2D eigenvalue weighted by atomic mass is 28.3. The number of aryl methyl sites for hydroxylation is 2. The summed E-state index contributed by atoms with van der Waals surface area (Å²) in [5, 5.41) is 1.26. The van der Waals surface area contributed by atoms with Gasteiger partial charge in [0.1, 0.15) is 15.1 Å². The van der Waals surface area contributed by atoms with Gasteiger partial charge in [0.15, 0.2) is 6.20 Å². The first-order chi connectivity index (χ1) is 11.4. The summed E-state index contributed by atoms with van der Waals surface area (Å²) >= 11 is 0. The van der Waals surface area contributed by atoms with Crippen LogP contribution in [0.4, 0.5) is 0 Å². The fourth-order valence-corrected chi connectivity index (χ4v) is 3.92. The molecule has 0 saturated heterocycles. The summed E-state index contributed by atoms with van der Waals surface area (Å²) in [6, 6.07) is 17.3. The highest BCUT2D eigenvalue weighted by Gasteiger charge is 2.18. The van der Waals surface area contributed by atoms with E-state index in [1.807, 2.05) is 6.20 Å². The Morgan fingerprint density at radius 2 is 1.67 bits per heavy atom. The maximum Gasteiger partial charge on any atom is 0.213 e. The SMILES string of the molecule is Cc1ccccc1-c1cc(-c2ccc([Si](C)(C)C)nc2)cc[n+]1C. The van der Waals surface area contributed by atoms with E-state index in [0.29, 0.717) is 0 Å². The third-order valence-electron chi connectivity index (χ3n) is 4.44. The Balaban J connectivity index is 2.05. The van der Waals surface area contributed by atoms with Gasteiger partial charge in [-0.05, 0) is 30.2 Å². The molecule has 0 bridgehead atoms. The van der Waals surface area contributed by atoms with E-state index in [1.54, 1.807) is 0 Å². The van der Waals surface area contributed by atoms with E-state index >= 15 is 0 Å². The van der Waals surface area contributed by atoms with Crippen LogP contribution in [0.2, 0.25) is 19.6 Å². The minimum atomic E-state index is -1.35. The Bertz CT molecular complexity index is 862. The molecule has 2 heterocycles. The van der Waals surface area contributed by atoms with Gasteiger partial charge in [-0.15, -0.1) is 0 Å². The van der Waals surface area contributed by atoms with Gasteiger partial charge >= 0.3 is 0 Å². The van der Waals surface area contributed by atoms with Crippen LogP contribution in [0.25, 0.3) is 22.4 Å². The molecule has 0 spiro atoms. The summed E-state index contributed by atoms with van der Waals surface area (Å²) in [4.78, 5) is 4.72. The van der Waals surface area contributed by atoms with Crippen molar-refractivity contribution in [3.05, 3.63) is 66.5 Å². The predicted octanol–water partition coefficient (Wildman–Crippen LogP) is 4.09. The molecule has 0 aliphatic heterocycles. The molecule has 0 aliphatic rings. The second-order valence-corrected chi connectivity index (χ2v) is 12.4.